The smallest absolute Gasteiger partial charge is 0.168 e. The average Bonchev–Trinajstić information content (AvgIpc) is 2.39. The van der Waals surface area contributed by atoms with E-state index in [0.29, 0.717) is 17.1 Å². The maximum Gasteiger partial charge on any atom is 0.168 e. The number of aliphatic hydroxyl groups excluding tert-OH is 1. The summed E-state index contributed by atoms with van der Waals surface area (Å²) in [6.45, 7) is 3.57. The monoisotopic (exact) mass is 210 g/mol. The van der Waals surface area contributed by atoms with Crippen LogP contribution in [-0.4, -0.2) is 22.9 Å². The first-order valence-electron chi connectivity index (χ1n) is 4.73. The third kappa shape index (κ3) is 1.41. The van der Waals surface area contributed by atoms with Gasteiger partial charge in [-0.15, -0.1) is 0 Å². The second-order valence-electron chi connectivity index (χ2n) is 4.17. The quantitative estimate of drug-likeness (QED) is 0.739. The Morgan fingerprint density at radius 2 is 2.07 bits per heavy atom. The molecule has 0 bridgehead atoms. The molecule has 1 aromatic carbocycles. The number of aromatic hydroxyl groups is 1. The zero-order chi connectivity index (χ0) is 11.2. The van der Waals surface area contributed by atoms with Crippen molar-refractivity contribution in [3.05, 3.63) is 17.7 Å². The van der Waals surface area contributed by atoms with Crippen LogP contribution in [0.4, 0.5) is 0 Å². The highest BCUT2D eigenvalue weighted by atomic mass is 16.5. The van der Waals surface area contributed by atoms with Crippen molar-refractivity contribution in [2.45, 2.75) is 25.6 Å². The lowest BCUT2D eigenvalue weighted by Gasteiger charge is -2.21. The molecule has 1 aliphatic heterocycles. The Morgan fingerprint density at radius 1 is 1.40 bits per heavy atom. The van der Waals surface area contributed by atoms with Gasteiger partial charge in [-0.1, -0.05) is 0 Å². The van der Waals surface area contributed by atoms with E-state index in [-0.39, 0.29) is 5.75 Å². The van der Waals surface area contributed by atoms with E-state index in [1.807, 2.05) is 0 Å². The van der Waals surface area contributed by atoms with Gasteiger partial charge < -0.3 is 19.7 Å². The molecule has 0 amide bonds. The highest BCUT2D eigenvalue weighted by Crippen LogP contribution is 2.49. The molecule has 0 aliphatic carbocycles. The summed E-state index contributed by atoms with van der Waals surface area (Å²) < 4.78 is 10.7. The van der Waals surface area contributed by atoms with Crippen LogP contribution < -0.4 is 9.47 Å². The number of rotatable bonds is 1. The number of hydrogen-bond donors (Lipinski definition) is 2. The highest BCUT2D eigenvalue weighted by molar-refractivity contribution is 5.55. The molecule has 15 heavy (non-hydrogen) atoms. The Hall–Kier alpha value is -1.42. The topological polar surface area (TPSA) is 58.9 Å². The third-order valence-electron chi connectivity index (χ3n) is 2.61. The number of hydrogen-bond acceptors (Lipinski definition) is 4. The van der Waals surface area contributed by atoms with Gasteiger partial charge in [0.05, 0.1) is 7.11 Å². The lowest BCUT2D eigenvalue weighted by molar-refractivity contribution is -0.000282. The number of aliphatic hydroxyl groups is 1. The Morgan fingerprint density at radius 3 is 2.67 bits per heavy atom. The van der Waals surface area contributed by atoms with Crippen molar-refractivity contribution < 1.29 is 19.7 Å². The fourth-order valence-corrected chi connectivity index (χ4v) is 1.77. The van der Waals surface area contributed by atoms with Gasteiger partial charge in [0.1, 0.15) is 17.5 Å². The molecule has 0 aromatic heterocycles. The van der Waals surface area contributed by atoms with Gasteiger partial charge in [0.2, 0.25) is 0 Å². The molecule has 1 aromatic rings. The SMILES string of the molecule is COc1cc(O)cc2c1OC(C)(C)C2O. The van der Waals surface area contributed by atoms with Gasteiger partial charge >= 0.3 is 0 Å². The predicted molar refractivity (Wildman–Crippen MR) is 54.3 cm³/mol. The maximum atomic E-state index is 9.96. The fourth-order valence-electron chi connectivity index (χ4n) is 1.77. The van der Waals surface area contributed by atoms with E-state index in [9.17, 15) is 10.2 Å². The summed E-state index contributed by atoms with van der Waals surface area (Å²) in [6.07, 6.45) is -0.756. The van der Waals surface area contributed by atoms with Crippen molar-refractivity contribution in [1.29, 1.82) is 0 Å². The highest BCUT2D eigenvalue weighted by Gasteiger charge is 2.42. The molecule has 2 rings (SSSR count). The van der Waals surface area contributed by atoms with Crippen molar-refractivity contribution >= 4 is 0 Å². The molecule has 0 saturated carbocycles. The summed E-state index contributed by atoms with van der Waals surface area (Å²) in [6, 6.07) is 2.96. The Kier molecular flexibility index (Phi) is 2.04. The van der Waals surface area contributed by atoms with Gasteiger partial charge in [-0.3, -0.25) is 0 Å². The minimum atomic E-state index is -0.756. The summed E-state index contributed by atoms with van der Waals surface area (Å²) in [5, 5.41) is 19.4. The fraction of sp³-hybridized carbons (Fsp3) is 0.455. The van der Waals surface area contributed by atoms with E-state index >= 15 is 0 Å². The van der Waals surface area contributed by atoms with Crippen LogP contribution in [0.25, 0.3) is 0 Å². The van der Waals surface area contributed by atoms with Crippen molar-refractivity contribution in [1.82, 2.24) is 0 Å². The van der Waals surface area contributed by atoms with E-state index in [1.54, 1.807) is 13.8 Å². The summed E-state index contributed by atoms with van der Waals surface area (Å²) in [5.41, 5.74) is -0.125. The van der Waals surface area contributed by atoms with Crippen LogP contribution in [0.1, 0.15) is 25.5 Å². The molecule has 0 spiro atoms. The number of ether oxygens (including phenoxy) is 2. The van der Waals surface area contributed by atoms with Crippen LogP contribution in [0.15, 0.2) is 12.1 Å². The zero-order valence-corrected chi connectivity index (χ0v) is 8.94. The number of methoxy groups -OCH3 is 1. The average molecular weight is 210 g/mol. The molecule has 1 aliphatic rings. The van der Waals surface area contributed by atoms with Crippen molar-refractivity contribution in [3.8, 4) is 17.2 Å². The zero-order valence-electron chi connectivity index (χ0n) is 8.94. The molecule has 1 atom stereocenters. The van der Waals surface area contributed by atoms with E-state index in [2.05, 4.69) is 0 Å². The largest absolute Gasteiger partial charge is 0.508 e. The Labute approximate surface area is 88.1 Å². The third-order valence-corrected chi connectivity index (χ3v) is 2.61. The molecular weight excluding hydrogens is 196 g/mol. The second-order valence-corrected chi connectivity index (χ2v) is 4.17. The predicted octanol–water partition coefficient (Wildman–Crippen LogP) is 1.61. The van der Waals surface area contributed by atoms with Crippen LogP contribution in [0.5, 0.6) is 17.2 Å². The van der Waals surface area contributed by atoms with Crippen molar-refractivity contribution in [2.75, 3.05) is 7.11 Å². The first-order valence-corrected chi connectivity index (χ1v) is 4.73. The van der Waals surface area contributed by atoms with Crippen molar-refractivity contribution in [2.24, 2.45) is 0 Å². The van der Waals surface area contributed by atoms with Gasteiger partial charge in [0, 0.05) is 11.6 Å². The van der Waals surface area contributed by atoms with E-state index in [4.69, 9.17) is 9.47 Å². The van der Waals surface area contributed by atoms with Crippen LogP contribution in [0, 0.1) is 0 Å². The first kappa shape index (κ1) is 10.1. The van der Waals surface area contributed by atoms with Gasteiger partial charge in [0.25, 0.3) is 0 Å². The minimum Gasteiger partial charge on any atom is -0.508 e. The van der Waals surface area contributed by atoms with Crippen LogP contribution in [0.3, 0.4) is 0 Å². The molecular formula is C11H14O4. The molecule has 0 radical (unpaired) electrons. The standard InChI is InChI=1S/C11H14O4/c1-11(2)10(13)7-4-6(12)5-8(14-3)9(7)15-11/h4-5,10,12-13H,1-3H3. The summed E-state index contributed by atoms with van der Waals surface area (Å²) in [7, 11) is 1.50. The van der Waals surface area contributed by atoms with Crippen molar-refractivity contribution in [3.63, 3.8) is 0 Å². The minimum absolute atomic E-state index is 0.0611. The molecule has 0 saturated heterocycles. The van der Waals surface area contributed by atoms with Gasteiger partial charge in [-0.05, 0) is 19.9 Å². The van der Waals surface area contributed by atoms with Crippen LogP contribution >= 0.6 is 0 Å². The lowest BCUT2D eigenvalue weighted by Crippen LogP contribution is -2.29. The number of phenols is 1. The van der Waals surface area contributed by atoms with E-state index in [0.717, 1.165) is 0 Å². The Bertz CT molecular complexity index is 398. The van der Waals surface area contributed by atoms with E-state index in [1.165, 1.54) is 19.2 Å². The van der Waals surface area contributed by atoms with Gasteiger partial charge in [-0.25, -0.2) is 0 Å². The molecule has 2 N–H and O–H groups in total. The number of phenolic OH excluding ortho intramolecular Hbond substituents is 1. The summed E-state index contributed by atoms with van der Waals surface area (Å²) in [5.74, 6) is 1.01. The summed E-state index contributed by atoms with van der Waals surface area (Å²) >= 11 is 0. The molecule has 1 heterocycles. The summed E-state index contributed by atoms with van der Waals surface area (Å²) in [4.78, 5) is 0. The first-order chi connectivity index (χ1) is 6.95. The van der Waals surface area contributed by atoms with Crippen LogP contribution in [-0.2, 0) is 0 Å². The Balaban J connectivity index is 2.58. The second kappa shape index (κ2) is 3.03. The van der Waals surface area contributed by atoms with Gasteiger partial charge in [0.15, 0.2) is 11.5 Å². The molecule has 1 unspecified atom stereocenters. The maximum absolute atomic E-state index is 9.96. The molecule has 4 nitrogen and oxygen atoms in total. The van der Waals surface area contributed by atoms with E-state index < -0.39 is 11.7 Å². The van der Waals surface area contributed by atoms with Crippen LogP contribution in [0.2, 0.25) is 0 Å². The number of fused-ring (bicyclic) bond motifs is 1. The molecule has 82 valence electrons. The van der Waals surface area contributed by atoms with Gasteiger partial charge in [-0.2, -0.15) is 0 Å². The lowest BCUT2D eigenvalue weighted by atomic mass is 9.97. The molecule has 4 heteroatoms. The molecule has 0 fully saturated rings. The number of benzene rings is 1. The normalized spacial score (nSPS) is 22.0.